The summed E-state index contributed by atoms with van der Waals surface area (Å²) in [6, 6.07) is 19.4. The second-order valence-electron chi connectivity index (χ2n) is 5.90. The van der Waals surface area contributed by atoms with Gasteiger partial charge in [-0.2, -0.15) is 5.26 Å². The molecule has 0 aliphatic heterocycles. The lowest BCUT2D eigenvalue weighted by atomic mass is 10.2. The van der Waals surface area contributed by atoms with Crippen LogP contribution in [-0.4, -0.2) is 24.4 Å². The number of hydrogen-bond acceptors (Lipinski definition) is 5. The van der Waals surface area contributed by atoms with Crippen LogP contribution in [0.4, 0.5) is 0 Å². The first kappa shape index (κ1) is 16.4. The zero-order valence-electron chi connectivity index (χ0n) is 14.0. The monoisotopic (exact) mass is 361 g/mol. The van der Waals surface area contributed by atoms with Crippen molar-refractivity contribution in [3.63, 3.8) is 0 Å². The number of nitriles is 1. The van der Waals surface area contributed by atoms with Crippen molar-refractivity contribution in [2.45, 2.75) is 23.9 Å². The molecular formula is C19H15N5OS. The van der Waals surface area contributed by atoms with Crippen LogP contribution in [0.2, 0.25) is 0 Å². The molecule has 0 saturated carbocycles. The zero-order valence-corrected chi connectivity index (χ0v) is 14.8. The van der Waals surface area contributed by atoms with E-state index in [1.54, 1.807) is 10.6 Å². The maximum atomic E-state index is 13.1. The number of thioether (sulfide) groups is 1. The number of aromatic nitrogens is 4. The second kappa shape index (κ2) is 6.65. The third kappa shape index (κ3) is 2.74. The van der Waals surface area contributed by atoms with E-state index in [4.69, 9.17) is 5.26 Å². The SMILES string of the molecule is C[C@H](C#N)Sc1nnc2n(Cc3ccccc3)c(=O)c3ccccc3n12. The number of rotatable bonds is 4. The minimum Gasteiger partial charge on any atom is -0.272 e. The quantitative estimate of drug-likeness (QED) is 0.522. The summed E-state index contributed by atoms with van der Waals surface area (Å²) in [7, 11) is 0. The number of para-hydroxylation sites is 1. The van der Waals surface area contributed by atoms with Crippen LogP contribution in [0.25, 0.3) is 16.7 Å². The highest BCUT2D eigenvalue weighted by Crippen LogP contribution is 2.24. The summed E-state index contributed by atoms with van der Waals surface area (Å²) in [5.74, 6) is 0.477. The molecule has 2 heterocycles. The van der Waals surface area contributed by atoms with Crippen LogP contribution in [0, 0.1) is 11.3 Å². The number of hydrogen-bond donors (Lipinski definition) is 0. The van der Waals surface area contributed by atoms with Gasteiger partial charge in [-0.15, -0.1) is 10.2 Å². The van der Waals surface area contributed by atoms with Crippen LogP contribution in [0.1, 0.15) is 12.5 Å². The summed E-state index contributed by atoms with van der Waals surface area (Å²) >= 11 is 1.33. The minimum atomic E-state index is -0.268. The van der Waals surface area contributed by atoms with Crippen molar-refractivity contribution in [1.29, 1.82) is 5.26 Å². The molecule has 0 spiro atoms. The van der Waals surface area contributed by atoms with Gasteiger partial charge in [-0.3, -0.25) is 13.8 Å². The average molecular weight is 361 g/mol. The van der Waals surface area contributed by atoms with Crippen molar-refractivity contribution >= 4 is 28.4 Å². The third-order valence-corrected chi connectivity index (χ3v) is 5.06. The minimum absolute atomic E-state index is 0.103. The van der Waals surface area contributed by atoms with Gasteiger partial charge < -0.3 is 0 Å². The van der Waals surface area contributed by atoms with Gasteiger partial charge in [0.1, 0.15) is 0 Å². The smallest absolute Gasteiger partial charge is 0.263 e. The second-order valence-corrected chi connectivity index (χ2v) is 7.21. The summed E-state index contributed by atoms with van der Waals surface area (Å²) in [6.45, 7) is 2.22. The fourth-order valence-electron chi connectivity index (χ4n) is 2.90. The molecule has 0 N–H and O–H groups in total. The molecule has 2 aromatic carbocycles. The van der Waals surface area contributed by atoms with Gasteiger partial charge in [0.2, 0.25) is 5.78 Å². The van der Waals surface area contributed by atoms with E-state index in [1.165, 1.54) is 11.8 Å². The topological polar surface area (TPSA) is 76.0 Å². The van der Waals surface area contributed by atoms with Crippen LogP contribution in [0.5, 0.6) is 0 Å². The van der Waals surface area contributed by atoms with Gasteiger partial charge in [-0.25, -0.2) is 0 Å². The summed E-state index contributed by atoms with van der Waals surface area (Å²) in [4.78, 5) is 13.1. The molecular weight excluding hydrogens is 346 g/mol. The molecule has 4 aromatic rings. The van der Waals surface area contributed by atoms with Gasteiger partial charge in [-0.05, 0) is 24.6 Å². The average Bonchev–Trinajstić information content (AvgIpc) is 3.09. The molecule has 0 aliphatic rings. The van der Waals surface area contributed by atoms with Gasteiger partial charge in [0.25, 0.3) is 5.56 Å². The molecule has 4 rings (SSSR count). The summed E-state index contributed by atoms with van der Waals surface area (Å²) < 4.78 is 3.49. The molecule has 0 radical (unpaired) electrons. The Morgan fingerprint density at radius 1 is 1.12 bits per heavy atom. The van der Waals surface area contributed by atoms with E-state index in [9.17, 15) is 4.79 Å². The molecule has 26 heavy (non-hydrogen) atoms. The zero-order chi connectivity index (χ0) is 18.1. The normalized spacial score (nSPS) is 12.3. The van der Waals surface area contributed by atoms with Gasteiger partial charge in [0.15, 0.2) is 5.16 Å². The molecule has 0 unspecified atom stereocenters. The molecule has 1 atom stereocenters. The Kier molecular flexibility index (Phi) is 4.19. The lowest BCUT2D eigenvalue weighted by Gasteiger charge is -2.11. The highest BCUT2D eigenvalue weighted by atomic mass is 32.2. The third-order valence-electron chi connectivity index (χ3n) is 4.13. The van der Waals surface area contributed by atoms with Gasteiger partial charge >= 0.3 is 0 Å². The largest absolute Gasteiger partial charge is 0.272 e. The summed E-state index contributed by atoms with van der Waals surface area (Å²) in [5, 5.41) is 18.6. The first-order chi connectivity index (χ1) is 12.7. The number of benzene rings is 2. The van der Waals surface area contributed by atoms with E-state index in [1.807, 2.05) is 59.9 Å². The summed E-state index contributed by atoms with van der Waals surface area (Å²) in [6.07, 6.45) is 0. The van der Waals surface area contributed by atoms with E-state index in [0.29, 0.717) is 22.9 Å². The van der Waals surface area contributed by atoms with Crippen molar-refractivity contribution in [1.82, 2.24) is 19.2 Å². The molecule has 128 valence electrons. The number of nitrogens with zero attached hydrogens (tertiary/aromatic N) is 5. The first-order valence-electron chi connectivity index (χ1n) is 8.16. The maximum Gasteiger partial charge on any atom is 0.263 e. The van der Waals surface area contributed by atoms with E-state index in [2.05, 4.69) is 16.3 Å². The van der Waals surface area contributed by atoms with Gasteiger partial charge in [-0.1, -0.05) is 54.2 Å². The Morgan fingerprint density at radius 2 is 1.85 bits per heavy atom. The van der Waals surface area contributed by atoms with E-state index in [0.717, 1.165) is 11.1 Å². The highest BCUT2D eigenvalue weighted by Gasteiger charge is 2.18. The Bertz CT molecular complexity index is 1190. The molecule has 0 bridgehead atoms. The molecule has 0 saturated heterocycles. The van der Waals surface area contributed by atoms with Crippen molar-refractivity contribution in [3.8, 4) is 6.07 Å². The van der Waals surface area contributed by atoms with Crippen LogP contribution in [0.3, 0.4) is 0 Å². The van der Waals surface area contributed by atoms with E-state index in [-0.39, 0.29) is 10.8 Å². The Labute approximate surface area is 153 Å². The predicted octanol–water partition coefficient (Wildman–Crippen LogP) is 3.10. The molecule has 0 aliphatic carbocycles. The highest BCUT2D eigenvalue weighted by molar-refractivity contribution is 8.00. The lowest BCUT2D eigenvalue weighted by Crippen LogP contribution is -2.24. The molecule has 0 amide bonds. The predicted molar refractivity (Wildman–Crippen MR) is 101 cm³/mol. The first-order valence-corrected chi connectivity index (χ1v) is 9.04. The molecule has 2 aromatic heterocycles. The van der Waals surface area contributed by atoms with E-state index < -0.39 is 0 Å². The maximum absolute atomic E-state index is 13.1. The van der Waals surface area contributed by atoms with Crippen LogP contribution >= 0.6 is 11.8 Å². The van der Waals surface area contributed by atoms with Crippen molar-refractivity contribution in [3.05, 3.63) is 70.5 Å². The molecule has 0 fully saturated rings. The summed E-state index contributed by atoms with van der Waals surface area (Å²) in [5.41, 5.74) is 1.65. The van der Waals surface area contributed by atoms with Crippen molar-refractivity contribution in [2.24, 2.45) is 0 Å². The lowest BCUT2D eigenvalue weighted by molar-refractivity contribution is 0.764. The Hall–Kier alpha value is -3.11. The fourth-order valence-corrected chi connectivity index (χ4v) is 3.65. The van der Waals surface area contributed by atoms with Gasteiger partial charge in [0.05, 0.1) is 28.8 Å². The van der Waals surface area contributed by atoms with Gasteiger partial charge in [0, 0.05) is 0 Å². The Balaban J connectivity index is 2.00. The van der Waals surface area contributed by atoms with Crippen molar-refractivity contribution in [2.75, 3.05) is 0 Å². The van der Waals surface area contributed by atoms with Crippen LogP contribution in [0.15, 0.2) is 64.5 Å². The Morgan fingerprint density at radius 3 is 2.62 bits per heavy atom. The van der Waals surface area contributed by atoms with Crippen LogP contribution in [-0.2, 0) is 6.54 Å². The molecule has 7 heteroatoms. The molecule has 6 nitrogen and oxygen atoms in total. The van der Waals surface area contributed by atoms with Crippen molar-refractivity contribution < 1.29 is 0 Å². The fraction of sp³-hybridized carbons (Fsp3) is 0.158. The van der Waals surface area contributed by atoms with E-state index >= 15 is 0 Å². The van der Waals surface area contributed by atoms with Crippen LogP contribution < -0.4 is 5.56 Å². The standard InChI is InChI=1S/C19H15N5OS/c1-13(11-20)26-19-22-21-18-23(12-14-7-3-2-4-8-14)17(25)15-9-5-6-10-16(15)24(18)19/h2-10,13H,12H2,1H3/t13-/m1/s1. The number of fused-ring (bicyclic) bond motifs is 3.